The highest BCUT2D eigenvalue weighted by Gasteiger charge is 2.45. The van der Waals surface area contributed by atoms with E-state index in [1.807, 2.05) is 0 Å². The average molecular weight is 312 g/mol. The number of nitrogens with one attached hydrogen (secondary N) is 1. The van der Waals surface area contributed by atoms with E-state index in [0.29, 0.717) is 24.3 Å². The van der Waals surface area contributed by atoms with E-state index >= 15 is 0 Å². The number of aryl methyl sites for hydroxylation is 1. The predicted octanol–water partition coefficient (Wildman–Crippen LogP) is 3.79. The fourth-order valence-corrected chi connectivity index (χ4v) is 2.44. The number of carbonyl (C=O) groups is 1. The second kappa shape index (κ2) is 6.81. The maximum absolute atomic E-state index is 12.9. The fraction of sp³-hybridized carbons (Fsp3) is 0.533. The van der Waals surface area contributed by atoms with E-state index in [1.54, 1.807) is 19.1 Å². The highest BCUT2D eigenvalue weighted by atomic mass is 19.3. The summed E-state index contributed by atoms with van der Waals surface area (Å²) in [4.78, 5) is 22.1. The van der Waals surface area contributed by atoms with Gasteiger partial charge in [-0.25, -0.2) is 8.78 Å². The second-order valence-electron chi connectivity index (χ2n) is 5.34. The first-order valence-corrected chi connectivity index (χ1v) is 7.20. The molecule has 0 bridgehead atoms. The molecule has 0 aliphatic heterocycles. The lowest BCUT2D eigenvalue weighted by Gasteiger charge is -2.36. The molecule has 1 N–H and O–H groups in total. The summed E-state index contributed by atoms with van der Waals surface area (Å²) < 4.78 is 30.6. The zero-order valence-electron chi connectivity index (χ0n) is 12.3. The van der Waals surface area contributed by atoms with Gasteiger partial charge in [-0.05, 0) is 42.3 Å². The molecule has 2 rings (SSSR count). The maximum Gasteiger partial charge on any atom is 0.306 e. The molecule has 0 aromatic heterocycles. The number of anilines is 1. The third-order valence-corrected chi connectivity index (χ3v) is 3.55. The number of nitroso groups, excluding NO2 is 1. The number of halogens is 2. The molecule has 0 atom stereocenters. The van der Waals surface area contributed by atoms with Gasteiger partial charge in [-0.1, -0.05) is 0 Å². The van der Waals surface area contributed by atoms with Crippen molar-refractivity contribution < 1.29 is 18.3 Å². The van der Waals surface area contributed by atoms with Crippen LogP contribution in [-0.4, -0.2) is 24.5 Å². The summed E-state index contributed by atoms with van der Waals surface area (Å²) in [6.45, 7) is 2.02. The zero-order valence-corrected chi connectivity index (χ0v) is 12.3. The first-order valence-electron chi connectivity index (χ1n) is 7.20. The molecule has 5 nitrogen and oxygen atoms in total. The summed E-state index contributed by atoms with van der Waals surface area (Å²) in [6, 6.07) is 4.41. The Morgan fingerprint density at radius 1 is 1.45 bits per heavy atom. The van der Waals surface area contributed by atoms with Crippen LogP contribution in [0.4, 0.5) is 20.2 Å². The Bertz CT molecular complexity index is 556. The summed E-state index contributed by atoms with van der Waals surface area (Å²) >= 11 is 0. The molecule has 1 aliphatic carbocycles. The van der Waals surface area contributed by atoms with Gasteiger partial charge in [-0.2, -0.15) is 0 Å². The predicted molar refractivity (Wildman–Crippen MR) is 78.4 cm³/mol. The van der Waals surface area contributed by atoms with Gasteiger partial charge >= 0.3 is 5.97 Å². The zero-order chi connectivity index (χ0) is 16.2. The van der Waals surface area contributed by atoms with Crippen LogP contribution < -0.4 is 5.32 Å². The van der Waals surface area contributed by atoms with E-state index in [2.05, 4.69) is 10.5 Å². The molecule has 0 amide bonds. The lowest BCUT2D eigenvalue weighted by molar-refractivity contribution is -0.143. The Hall–Kier alpha value is -2.05. The van der Waals surface area contributed by atoms with Crippen LogP contribution in [-0.2, 0) is 16.0 Å². The molecule has 0 radical (unpaired) electrons. The van der Waals surface area contributed by atoms with E-state index in [1.165, 1.54) is 6.07 Å². The third-order valence-electron chi connectivity index (χ3n) is 3.55. The van der Waals surface area contributed by atoms with Crippen molar-refractivity contribution in [2.24, 2.45) is 5.18 Å². The van der Waals surface area contributed by atoms with Crippen LogP contribution in [0.1, 0.15) is 31.7 Å². The van der Waals surface area contributed by atoms with Crippen molar-refractivity contribution in [2.45, 2.75) is 44.6 Å². The summed E-state index contributed by atoms with van der Waals surface area (Å²) in [7, 11) is 0. The number of nitrogens with zero attached hydrogens (tertiary/aromatic N) is 1. The summed E-state index contributed by atoms with van der Waals surface area (Å²) in [5.41, 5.74) is 1.58. The van der Waals surface area contributed by atoms with Gasteiger partial charge in [0.2, 0.25) is 0 Å². The van der Waals surface area contributed by atoms with Crippen LogP contribution in [0, 0.1) is 4.91 Å². The van der Waals surface area contributed by atoms with Crippen molar-refractivity contribution in [3.63, 3.8) is 0 Å². The highest BCUT2D eigenvalue weighted by molar-refractivity contribution is 5.70. The van der Waals surface area contributed by atoms with Gasteiger partial charge in [-0.3, -0.25) is 4.79 Å². The Labute approximate surface area is 127 Å². The largest absolute Gasteiger partial charge is 0.466 e. The standard InChI is InChI=1S/C15H18F2N2O3/c1-2-22-14(20)6-3-10-7-11(19-21)4-5-13(10)18-12-8-15(16,17)9-12/h4-5,7,12,18H,2-3,6,8-9H2,1H3. The summed E-state index contributed by atoms with van der Waals surface area (Å²) in [5.74, 6) is -2.94. The van der Waals surface area contributed by atoms with E-state index < -0.39 is 5.92 Å². The average Bonchev–Trinajstić information content (AvgIpc) is 2.44. The number of ether oxygens (including phenoxy) is 1. The monoisotopic (exact) mass is 312 g/mol. The molecule has 7 heteroatoms. The minimum absolute atomic E-state index is 0.158. The van der Waals surface area contributed by atoms with Crippen LogP contribution in [0.3, 0.4) is 0 Å². The SMILES string of the molecule is CCOC(=O)CCc1cc(N=O)ccc1NC1CC(F)(F)C1. The Balaban J connectivity index is 2.04. The molecule has 1 aromatic rings. The summed E-state index contributed by atoms with van der Waals surface area (Å²) in [6.07, 6.45) is 0.0926. The minimum Gasteiger partial charge on any atom is -0.466 e. The van der Waals surface area contributed by atoms with E-state index in [0.717, 1.165) is 0 Å². The Kier molecular flexibility index (Phi) is 5.05. The molecule has 1 saturated carbocycles. The molecular formula is C15H18F2N2O3. The lowest BCUT2D eigenvalue weighted by Crippen LogP contribution is -2.44. The number of hydrogen-bond donors (Lipinski definition) is 1. The quantitative estimate of drug-likeness (QED) is 0.614. The van der Waals surface area contributed by atoms with Crippen LogP contribution in [0.25, 0.3) is 0 Å². The fourth-order valence-electron chi connectivity index (χ4n) is 2.44. The van der Waals surface area contributed by atoms with Crippen molar-refractivity contribution in [2.75, 3.05) is 11.9 Å². The summed E-state index contributed by atoms with van der Waals surface area (Å²) in [5, 5.41) is 5.89. The molecule has 0 saturated heterocycles. The Morgan fingerprint density at radius 3 is 2.77 bits per heavy atom. The van der Waals surface area contributed by atoms with Gasteiger partial charge in [-0.15, -0.1) is 4.91 Å². The molecule has 0 heterocycles. The maximum atomic E-state index is 12.9. The third kappa shape index (κ3) is 4.22. The molecule has 0 spiro atoms. The molecule has 1 aromatic carbocycles. The van der Waals surface area contributed by atoms with Crippen molar-refractivity contribution in [3.8, 4) is 0 Å². The van der Waals surface area contributed by atoms with Crippen LogP contribution in [0.5, 0.6) is 0 Å². The topological polar surface area (TPSA) is 67.8 Å². The molecule has 1 aliphatic rings. The number of alkyl halides is 2. The molecule has 22 heavy (non-hydrogen) atoms. The van der Waals surface area contributed by atoms with Gasteiger partial charge in [0.25, 0.3) is 5.92 Å². The molecule has 0 unspecified atom stereocenters. The van der Waals surface area contributed by atoms with Crippen molar-refractivity contribution in [1.29, 1.82) is 0 Å². The molecule has 1 fully saturated rings. The van der Waals surface area contributed by atoms with E-state index in [-0.39, 0.29) is 37.0 Å². The Morgan fingerprint density at radius 2 is 2.18 bits per heavy atom. The van der Waals surface area contributed by atoms with Crippen LogP contribution in [0.15, 0.2) is 23.4 Å². The van der Waals surface area contributed by atoms with Gasteiger partial charge in [0.15, 0.2) is 0 Å². The van der Waals surface area contributed by atoms with Crippen LogP contribution in [0.2, 0.25) is 0 Å². The lowest BCUT2D eigenvalue weighted by atomic mass is 9.87. The number of carbonyl (C=O) groups excluding carboxylic acids is 1. The van der Waals surface area contributed by atoms with Crippen LogP contribution >= 0.6 is 0 Å². The number of hydrogen-bond acceptors (Lipinski definition) is 5. The second-order valence-corrected chi connectivity index (χ2v) is 5.34. The molecule has 120 valence electrons. The number of benzene rings is 1. The smallest absolute Gasteiger partial charge is 0.306 e. The number of rotatable bonds is 7. The van der Waals surface area contributed by atoms with E-state index in [4.69, 9.17) is 4.74 Å². The van der Waals surface area contributed by atoms with Gasteiger partial charge < -0.3 is 10.1 Å². The molecular weight excluding hydrogens is 294 g/mol. The normalized spacial score (nSPS) is 16.7. The van der Waals surface area contributed by atoms with Crippen molar-refractivity contribution in [3.05, 3.63) is 28.7 Å². The first kappa shape index (κ1) is 16.3. The van der Waals surface area contributed by atoms with Gasteiger partial charge in [0, 0.05) is 31.0 Å². The van der Waals surface area contributed by atoms with E-state index in [9.17, 15) is 18.5 Å². The van der Waals surface area contributed by atoms with Crippen molar-refractivity contribution in [1.82, 2.24) is 0 Å². The first-order chi connectivity index (χ1) is 10.4. The van der Waals surface area contributed by atoms with Crippen molar-refractivity contribution >= 4 is 17.3 Å². The number of esters is 1. The van der Waals surface area contributed by atoms with Gasteiger partial charge in [0.1, 0.15) is 5.69 Å². The minimum atomic E-state index is -2.60. The van der Waals surface area contributed by atoms with Gasteiger partial charge in [0.05, 0.1) is 6.61 Å². The highest BCUT2D eigenvalue weighted by Crippen LogP contribution is 2.39.